The van der Waals surface area contributed by atoms with Crippen LogP contribution in [0.25, 0.3) is 11.1 Å². The molecule has 126 valence electrons. The summed E-state index contributed by atoms with van der Waals surface area (Å²) >= 11 is 0. The monoisotopic (exact) mass is 346 g/mol. The van der Waals surface area contributed by atoms with Gasteiger partial charge in [-0.3, -0.25) is 0 Å². The Morgan fingerprint density at radius 3 is 1.85 bits per heavy atom. The zero-order valence-electron chi connectivity index (χ0n) is 13.7. The minimum absolute atomic E-state index is 0.0556. The second kappa shape index (κ2) is 8.18. The number of isocyanates is 4. The van der Waals surface area contributed by atoms with Gasteiger partial charge in [0.1, 0.15) is 11.4 Å². The fourth-order valence-corrected chi connectivity index (χ4v) is 2.51. The average Bonchev–Trinajstić information content (AvgIpc) is 2.62. The van der Waals surface area contributed by atoms with Gasteiger partial charge in [0.25, 0.3) is 0 Å². The first-order chi connectivity index (χ1) is 12.6. The molecule has 0 atom stereocenters. The average molecular weight is 346 g/mol. The maximum Gasteiger partial charge on any atom is 0.240 e. The smallest absolute Gasteiger partial charge is 0.211 e. The molecule has 0 fully saturated rings. The summed E-state index contributed by atoms with van der Waals surface area (Å²) in [6, 6.07) is 6.41. The van der Waals surface area contributed by atoms with Crippen molar-refractivity contribution in [1.29, 1.82) is 0 Å². The summed E-state index contributed by atoms with van der Waals surface area (Å²) in [5.74, 6) is 0. The van der Waals surface area contributed by atoms with Gasteiger partial charge in [0.2, 0.25) is 24.3 Å². The summed E-state index contributed by atoms with van der Waals surface area (Å²) < 4.78 is 0. The van der Waals surface area contributed by atoms with Crippen LogP contribution in [0.2, 0.25) is 0 Å². The van der Waals surface area contributed by atoms with E-state index in [2.05, 4.69) is 20.0 Å². The van der Waals surface area contributed by atoms with Gasteiger partial charge >= 0.3 is 0 Å². The van der Waals surface area contributed by atoms with Crippen LogP contribution in [0.3, 0.4) is 0 Å². The van der Waals surface area contributed by atoms with Gasteiger partial charge in [-0.25, -0.2) is 19.2 Å². The summed E-state index contributed by atoms with van der Waals surface area (Å²) in [5, 5.41) is 0. The summed E-state index contributed by atoms with van der Waals surface area (Å²) in [5.41, 5.74) is 2.88. The Kier molecular flexibility index (Phi) is 5.75. The predicted molar refractivity (Wildman–Crippen MR) is 92.5 cm³/mol. The number of aryl methyl sites for hydroxylation is 1. The topological polar surface area (TPSA) is 118 Å². The van der Waals surface area contributed by atoms with Gasteiger partial charge in [-0.1, -0.05) is 6.07 Å². The molecule has 2 rings (SSSR count). The lowest BCUT2D eigenvalue weighted by atomic mass is 9.96. The molecule has 0 aromatic heterocycles. The maximum absolute atomic E-state index is 10.9. The maximum atomic E-state index is 10.9. The second-order valence-corrected chi connectivity index (χ2v) is 5.08. The van der Waals surface area contributed by atoms with Crippen LogP contribution in [0.15, 0.2) is 44.2 Å². The molecule has 8 heteroatoms. The van der Waals surface area contributed by atoms with E-state index in [4.69, 9.17) is 0 Å². The third kappa shape index (κ3) is 3.55. The Labute approximate surface area is 147 Å². The van der Waals surface area contributed by atoms with Gasteiger partial charge in [0.15, 0.2) is 0 Å². The fourth-order valence-electron chi connectivity index (χ4n) is 2.51. The quantitative estimate of drug-likeness (QED) is 0.603. The van der Waals surface area contributed by atoms with Gasteiger partial charge in [-0.2, -0.15) is 20.0 Å². The molecule has 0 amide bonds. The van der Waals surface area contributed by atoms with Crippen molar-refractivity contribution in [3.8, 4) is 11.1 Å². The van der Waals surface area contributed by atoms with E-state index in [0.717, 1.165) is 0 Å². The molecule has 0 bridgehead atoms. The summed E-state index contributed by atoms with van der Waals surface area (Å²) in [6.07, 6.45) is 5.71. The van der Waals surface area contributed by atoms with Gasteiger partial charge in [-0.05, 0) is 43.2 Å². The minimum atomic E-state index is 0.0556. The molecule has 2 aromatic carbocycles. The van der Waals surface area contributed by atoms with Crippen molar-refractivity contribution in [3.05, 3.63) is 35.4 Å². The minimum Gasteiger partial charge on any atom is -0.211 e. The first-order valence-corrected chi connectivity index (χ1v) is 7.17. The number of hydrogen-bond acceptors (Lipinski definition) is 8. The van der Waals surface area contributed by atoms with E-state index in [1.54, 1.807) is 32.0 Å². The van der Waals surface area contributed by atoms with Crippen LogP contribution in [-0.4, -0.2) is 24.3 Å². The molecule has 0 aliphatic rings. The third-order valence-electron chi connectivity index (χ3n) is 3.64. The highest BCUT2D eigenvalue weighted by Gasteiger charge is 2.17. The predicted octanol–water partition coefficient (Wildman–Crippen LogP) is 3.84. The van der Waals surface area contributed by atoms with E-state index in [-0.39, 0.29) is 17.1 Å². The zero-order valence-corrected chi connectivity index (χ0v) is 13.7. The summed E-state index contributed by atoms with van der Waals surface area (Å²) in [7, 11) is 0. The molecule has 8 nitrogen and oxygen atoms in total. The highest BCUT2D eigenvalue weighted by atomic mass is 16.1. The normalized spacial score (nSPS) is 9.15. The van der Waals surface area contributed by atoms with Crippen molar-refractivity contribution in [2.24, 2.45) is 20.0 Å². The van der Waals surface area contributed by atoms with Gasteiger partial charge in [-0.15, -0.1) is 0 Å². The Balaban J connectivity index is 2.89. The summed E-state index contributed by atoms with van der Waals surface area (Å²) in [6.45, 7) is 3.31. The Bertz CT molecular complexity index is 1080. The van der Waals surface area contributed by atoms with Crippen LogP contribution < -0.4 is 0 Å². The van der Waals surface area contributed by atoms with Crippen LogP contribution >= 0.6 is 0 Å². The van der Waals surface area contributed by atoms with E-state index in [1.807, 2.05) is 0 Å². The van der Waals surface area contributed by atoms with Crippen molar-refractivity contribution in [3.63, 3.8) is 0 Å². The Morgan fingerprint density at radius 2 is 1.27 bits per heavy atom. The highest BCUT2D eigenvalue weighted by molar-refractivity contribution is 5.90. The molecular formula is C18H10N4O4. The SMILES string of the molecule is Cc1cc(-c2cc(N=C=O)c(N=C=O)c(C)c2N=C=O)ccc1N=C=O. The van der Waals surface area contributed by atoms with Gasteiger partial charge < -0.3 is 0 Å². The van der Waals surface area contributed by atoms with Crippen molar-refractivity contribution in [2.75, 3.05) is 0 Å². The molecular weight excluding hydrogens is 336 g/mol. The molecule has 0 spiro atoms. The molecule has 0 aliphatic heterocycles. The van der Waals surface area contributed by atoms with Crippen molar-refractivity contribution >= 4 is 47.1 Å². The van der Waals surface area contributed by atoms with Gasteiger partial charge in [0, 0.05) is 11.1 Å². The standard InChI is InChI=1S/C18H10N4O4/c1-11-5-13(3-4-15(11)19-7-23)14-6-16(20-8-24)18(22-10-26)12(2)17(14)21-9-25/h3-6H,1-2H3. The van der Waals surface area contributed by atoms with Crippen molar-refractivity contribution in [1.82, 2.24) is 0 Å². The molecule has 0 unspecified atom stereocenters. The Hall–Kier alpha value is -4.04. The molecule has 0 radical (unpaired) electrons. The van der Waals surface area contributed by atoms with Crippen LogP contribution in [0.4, 0.5) is 22.7 Å². The Morgan fingerprint density at radius 1 is 0.692 bits per heavy atom. The lowest BCUT2D eigenvalue weighted by Gasteiger charge is -2.12. The number of aliphatic imine (C=N–C) groups is 4. The number of rotatable bonds is 5. The molecule has 0 saturated carbocycles. The molecule has 26 heavy (non-hydrogen) atoms. The molecule has 0 N–H and O–H groups in total. The number of nitrogens with zero attached hydrogens (tertiary/aromatic N) is 4. The van der Waals surface area contributed by atoms with Crippen LogP contribution in [-0.2, 0) is 19.2 Å². The highest BCUT2D eigenvalue weighted by Crippen LogP contribution is 2.44. The first-order valence-electron chi connectivity index (χ1n) is 7.17. The lowest BCUT2D eigenvalue weighted by Crippen LogP contribution is -1.87. The first kappa shape index (κ1) is 18.3. The number of benzene rings is 2. The van der Waals surface area contributed by atoms with Crippen molar-refractivity contribution in [2.45, 2.75) is 13.8 Å². The molecule has 2 aromatic rings. The number of carbonyl (C=O) groups excluding carboxylic acids is 4. The van der Waals surface area contributed by atoms with Crippen molar-refractivity contribution < 1.29 is 19.2 Å². The van der Waals surface area contributed by atoms with Gasteiger partial charge in [0.05, 0.1) is 11.4 Å². The fraction of sp³-hybridized carbons (Fsp3) is 0.111. The van der Waals surface area contributed by atoms with Crippen LogP contribution in [0.5, 0.6) is 0 Å². The summed E-state index contributed by atoms with van der Waals surface area (Å²) in [4.78, 5) is 57.0. The largest absolute Gasteiger partial charge is 0.240 e. The van der Waals surface area contributed by atoms with E-state index in [9.17, 15) is 19.2 Å². The molecule has 0 aliphatic carbocycles. The zero-order chi connectivity index (χ0) is 19.1. The molecule has 0 saturated heterocycles. The number of hydrogen-bond donors (Lipinski definition) is 0. The second-order valence-electron chi connectivity index (χ2n) is 5.08. The van der Waals surface area contributed by atoms with E-state index in [0.29, 0.717) is 27.9 Å². The lowest BCUT2D eigenvalue weighted by molar-refractivity contribution is 0.564. The van der Waals surface area contributed by atoms with E-state index in [1.165, 1.54) is 30.4 Å². The third-order valence-corrected chi connectivity index (χ3v) is 3.64. The van der Waals surface area contributed by atoms with Crippen LogP contribution in [0, 0.1) is 13.8 Å². The van der Waals surface area contributed by atoms with E-state index >= 15 is 0 Å². The van der Waals surface area contributed by atoms with E-state index < -0.39 is 0 Å². The van der Waals surface area contributed by atoms with Crippen LogP contribution in [0.1, 0.15) is 11.1 Å². The molecule has 0 heterocycles.